The number of hydrogen-bond acceptors (Lipinski definition) is 1. The van der Waals surface area contributed by atoms with Crippen LogP contribution in [0.25, 0.3) is 0 Å². The first-order valence-corrected chi connectivity index (χ1v) is 8.40. The van der Waals surface area contributed by atoms with Gasteiger partial charge in [0.05, 0.1) is 11.4 Å². The molecule has 0 spiro atoms. The van der Waals surface area contributed by atoms with Crippen LogP contribution in [0.3, 0.4) is 0 Å². The van der Waals surface area contributed by atoms with Gasteiger partial charge in [-0.1, -0.05) is 69.0 Å². The van der Waals surface area contributed by atoms with Gasteiger partial charge in [0.1, 0.15) is 0 Å². The average molecular weight is 311 g/mol. The van der Waals surface area contributed by atoms with Crippen LogP contribution in [0.5, 0.6) is 0 Å². The number of para-hydroxylation sites is 2. The van der Waals surface area contributed by atoms with E-state index in [1.54, 1.807) is 0 Å². The van der Waals surface area contributed by atoms with Gasteiger partial charge < -0.3 is 5.11 Å². The van der Waals surface area contributed by atoms with E-state index < -0.39 is 6.09 Å². The number of benzene rings is 2. The van der Waals surface area contributed by atoms with Crippen molar-refractivity contribution in [3.05, 3.63) is 60.2 Å². The fourth-order valence-corrected chi connectivity index (χ4v) is 2.79. The Hall–Kier alpha value is -2.29. The van der Waals surface area contributed by atoms with E-state index in [2.05, 4.69) is 6.92 Å². The standard InChI is InChI=1S/C20H25NO2/c1-2-3-4-5-7-12-17-13-10-11-16-19(17)21(20(22)23)18-14-8-6-9-15-18/h6,8-11,13-16H,2-5,7,12H2,1H3,(H,22,23). The van der Waals surface area contributed by atoms with Crippen LogP contribution in [-0.4, -0.2) is 11.2 Å². The van der Waals surface area contributed by atoms with E-state index in [0.29, 0.717) is 5.69 Å². The van der Waals surface area contributed by atoms with Crippen LogP contribution in [0.15, 0.2) is 54.6 Å². The van der Waals surface area contributed by atoms with Gasteiger partial charge in [-0.3, -0.25) is 0 Å². The monoisotopic (exact) mass is 311 g/mol. The SMILES string of the molecule is CCCCCCCc1ccccc1N(C(=O)O)c1ccccc1. The van der Waals surface area contributed by atoms with E-state index >= 15 is 0 Å². The molecule has 1 N–H and O–H groups in total. The lowest BCUT2D eigenvalue weighted by Gasteiger charge is -2.22. The highest BCUT2D eigenvalue weighted by Crippen LogP contribution is 2.29. The van der Waals surface area contributed by atoms with Gasteiger partial charge in [0.15, 0.2) is 0 Å². The van der Waals surface area contributed by atoms with Crippen LogP contribution in [0.1, 0.15) is 44.6 Å². The van der Waals surface area contributed by atoms with E-state index in [9.17, 15) is 9.90 Å². The maximum absolute atomic E-state index is 11.8. The van der Waals surface area contributed by atoms with Gasteiger partial charge >= 0.3 is 6.09 Å². The lowest BCUT2D eigenvalue weighted by molar-refractivity contribution is 0.204. The van der Waals surface area contributed by atoms with Crippen molar-refractivity contribution in [3.8, 4) is 0 Å². The second kappa shape index (κ2) is 8.99. The molecule has 2 aromatic rings. The lowest BCUT2D eigenvalue weighted by atomic mass is 10.0. The molecular formula is C20H25NO2. The summed E-state index contributed by atoms with van der Waals surface area (Å²) >= 11 is 0. The third-order valence-electron chi connectivity index (χ3n) is 3.99. The van der Waals surface area contributed by atoms with Crippen LogP contribution in [-0.2, 0) is 6.42 Å². The van der Waals surface area contributed by atoms with Crippen molar-refractivity contribution < 1.29 is 9.90 Å². The second-order valence-corrected chi connectivity index (χ2v) is 5.75. The van der Waals surface area contributed by atoms with Crippen molar-refractivity contribution in [2.45, 2.75) is 45.4 Å². The van der Waals surface area contributed by atoms with E-state index in [1.807, 2.05) is 54.6 Å². The molecule has 2 aromatic carbocycles. The highest BCUT2D eigenvalue weighted by molar-refractivity contribution is 5.95. The van der Waals surface area contributed by atoms with Gasteiger partial charge in [-0.2, -0.15) is 0 Å². The van der Waals surface area contributed by atoms with Crippen LogP contribution in [0, 0.1) is 0 Å². The molecule has 122 valence electrons. The predicted molar refractivity (Wildman–Crippen MR) is 95.5 cm³/mol. The number of unbranched alkanes of at least 4 members (excludes halogenated alkanes) is 4. The third-order valence-corrected chi connectivity index (χ3v) is 3.99. The van der Waals surface area contributed by atoms with Gasteiger partial charge in [-0.15, -0.1) is 0 Å². The van der Waals surface area contributed by atoms with E-state index in [0.717, 1.165) is 24.1 Å². The van der Waals surface area contributed by atoms with Crippen molar-refractivity contribution in [2.24, 2.45) is 0 Å². The van der Waals surface area contributed by atoms with Gasteiger partial charge in [0, 0.05) is 0 Å². The Bertz CT molecular complexity index is 610. The average Bonchev–Trinajstić information content (AvgIpc) is 2.57. The van der Waals surface area contributed by atoms with E-state index in [4.69, 9.17) is 0 Å². The Morgan fingerprint density at radius 1 is 0.913 bits per heavy atom. The normalized spacial score (nSPS) is 10.5. The number of carbonyl (C=O) groups is 1. The van der Waals surface area contributed by atoms with Crippen molar-refractivity contribution in [2.75, 3.05) is 4.90 Å². The molecule has 0 heterocycles. The summed E-state index contributed by atoms with van der Waals surface area (Å²) in [7, 11) is 0. The number of aryl methyl sites for hydroxylation is 1. The largest absolute Gasteiger partial charge is 0.464 e. The zero-order valence-electron chi connectivity index (χ0n) is 13.7. The summed E-state index contributed by atoms with van der Waals surface area (Å²) in [6, 6.07) is 17.1. The fourth-order valence-electron chi connectivity index (χ4n) is 2.79. The summed E-state index contributed by atoms with van der Waals surface area (Å²) < 4.78 is 0. The fraction of sp³-hybridized carbons (Fsp3) is 0.350. The maximum atomic E-state index is 11.8. The topological polar surface area (TPSA) is 40.5 Å². The summed E-state index contributed by atoms with van der Waals surface area (Å²) in [6.07, 6.45) is 6.01. The molecule has 0 bridgehead atoms. The molecule has 0 aliphatic rings. The molecule has 0 saturated heterocycles. The van der Waals surface area contributed by atoms with Gasteiger partial charge in [0.2, 0.25) is 0 Å². The number of nitrogens with zero attached hydrogens (tertiary/aromatic N) is 1. The molecule has 0 fully saturated rings. The van der Waals surface area contributed by atoms with Crippen LogP contribution in [0.2, 0.25) is 0 Å². The molecule has 0 unspecified atom stereocenters. The zero-order chi connectivity index (χ0) is 16.5. The molecule has 3 nitrogen and oxygen atoms in total. The number of rotatable bonds is 8. The summed E-state index contributed by atoms with van der Waals surface area (Å²) in [6.45, 7) is 2.21. The summed E-state index contributed by atoms with van der Waals surface area (Å²) in [5, 5.41) is 9.67. The third kappa shape index (κ3) is 4.85. The number of anilines is 2. The highest BCUT2D eigenvalue weighted by Gasteiger charge is 2.19. The van der Waals surface area contributed by atoms with Crippen molar-refractivity contribution in [1.29, 1.82) is 0 Å². The van der Waals surface area contributed by atoms with Crippen LogP contribution in [0.4, 0.5) is 16.2 Å². The first-order chi connectivity index (χ1) is 11.2. The Labute approximate surface area is 138 Å². The summed E-state index contributed by atoms with van der Waals surface area (Å²) in [5.74, 6) is 0. The molecule has 2 rings (SSSR count). The number of carboxylic acid groups (broad SMARTS) is 1. The zero-order valence-corrected chi connectivity index (χ0v) is 13.7. The maximum Gasteiger partial charge on any atom is 0.416 e. The molecule has 1 amide bonds. The van der Waals surface area contributed by atoms with Gasteiger partial charge in [0.25, 0.3) is 0 Å². The number of amides is 1. The Balaban J connectivity index is 2.18. The Morgan fingerprint density at radius 3 is 2.26 bits per heavy atom. The Kier molecular flexibility index (Phi) is 6.67. The highest BCUT2D eigenvalue weighted by atomic mass is 16.4. The molecule has 0 aromatic heterocycles. The van der Waals surface area contributed by atoms with Crippen LogP contribution < -0.4 is 4.90 Å². The van der Waals surface area contributed by atoms with Crippen LogP contribution >= 0.6 is 0 Å². The first kappa shape index (κ1) is 17.1. The number of hydrogen-bond donors (Lipinski definition) is 1. The molecule has 0 aliphatic carbocycles. The minimum absolute atomic E-state index is 0.679. The van der Waals surface area contributed by atoms with Crippen molar-refractivity contribution >= 4 is 17.5 Å². The van der Waals surface area contributed by atoms with Gasteiger partial charge in [-0.05, 0) is 36.6 Å². The predicted octanol–water partition coefficient (Wildman–Crippen LogP) is 6.02. The molecule has 0 aliphatic heterocycles. The molecule has 0 saturated carbocycles. The van der Waals surface area contributed by atoms with Crippen molar-refractivity contribution in [1.82, 2.24) is 0 Å². The quantitative estimate of drug-likeness (QED) is 0.606. The molecule has 0 atom stereocenters. The van der Waals surface area contributed by atoms with E-state index in [-0.39, 0.29) is 0 Å². The minimum atomic E-state index is -0.949. The molecule has 3 heteroatoms. The smallest absolute Gasteiger partial charge is 0.416 e. The molecule has 0 radical (unpaired) electrons. The molecular weight excluding hydrogens is 286 g/mol. The minimum Gasteiger partial charge on any atom is -0.464 e. The second-order valence-electron chi connectivity index (χ2n) is 5.75. The van der Waals surface area contributed by atoms with Gasteiger partial charge in [-0.25, -0.2) is 9.69 Å². The first-order valence-electron chi connectivity index (χ1n) is 8.40. The summed E-state index contributed by atoms with van der Waals surface area (Å²) in [4.78, 5) is 13.2. The van der Waals surface area contributed by atoms with Crippen molar-refractivity contribution in [3.63, 3.8) is 0 Å². The Morgan fingerprint density at radius 2 is 1.57 bits per heavy atom. The molecule has 23 heavy (non-hydrogen) atoms. The van der Waals surface area contributed by atoms with E-state index in [1.165, 1.54) is 30.6 Å². The summed E-state index contributed by atoms with van der Waals surface area (Å²) in [5.41, 5.74) is 2.54. The lowest BCUT2D eigenvalue weighted by Crippen LogP contribution is -2.24.